The molecular formula is C43H81NO4. The summed E-state index contributed by atoms with van der Waals surface area (Å²) in [5, 5.41) is 33.4. The summed E-state index contributed by atoms with van der Waals surface area (Å²) in [4.78, 5) is 12.4. The largest absolute Gasteiger partial charge is 0.394 e. The molecule has 48 heavy (non-hydrogen) atoms. The van der Waals surface area contributed by atoms with Crippen molar-refractivity contribution >= 4 is 5.91 Å². The van der Waals surface area contributed by atoms with Crippen LogP contribution in [0, 0.1) is 0 Å². The molecule has 0 aliphatic rings. The van der Waals surface area contributed by atoms with E-state index in [1.165, 1.54) is 128 Å². The fraction of sp³-hybridized carbons (Fsp3) is 0.837. The lowest BCUT2D eigenvalue weighted by Gasteiger charge is -2.26. The van der Waals surface area contributed by atoms with Crippen LogP contribution in [0.4, 0.5) is 0 Å². The minimum Gasteiger partial charge on any atom is -0.394 e. The van der Waals surface area contributed by atoms with Crippen LogP contribution in [0.1, 0.15) is 206 Å². The zero-order chi connectivity index (χ0) is 35.2. The molecule has 0 aromatic carbocycles. The van der Waals surface area contributed by atoms with E-state index in [2.05, 4.69) is 55.6 Å². The lowest BCUT2D eigenvalue weighted by atomic mass is 10.0. The standard InChI is InChI=1S/C43H81NO4/c1-3-5-7-9-11-13-15-17-18-19-20-21-22-23-24-26-27-29-31-33-35-37-41(46)43(48)40(39-45)44-42(47)38-36-34-32-30-28-25-16-14-12-10-8-6-4-2/h23-25,28-29,31,40-41,43,45-46,48H,3-22,26-27,30,32-39H2,1-2H3,(H,44,47)/b24-23+,28-25-,31-29+. The first-order valence-electron chi connectivity index (χ1n) is 20.8. The van der Waals surface area contributed by atoms with E-state index < -0.39 is 18.2 Å². The smallest absolute Gasteiger partial charge is 0.220 e. The molecule has 3 unspecified atom stereocenters. The predicted octanol–water partition coefficient (Wildman–Crippen LogP) is 11.6. The molecule has 5 nitrogen and oxygen atoms in total. The van der Waals surface area contributed by atoms with Gasteiger partial charge in [0.15, 0.2) is 0 Å². The van der Waals surface area contributed by atoms with Crippen LogP contribution in [-0.2, 0) is 4.79 Å². The predicted molar refractivity (Wildman–Crippen MR) is 208 cm³/mol. The normalized spacial score (nSPS) is 14.0. The van der Waals surface area contributed by atoms with Crippen molar-refractivity contribution in [2.24, 2.45) is 0 Å². The molecule has 0 spiro atoms. The van der Waals surface area contributed by atoms with E-state index >= 15 is 0 Å². The molecule has 0 aromatic rings. The van der Waals surface area contributed by atoms with Gasteiger partial charge in [-0.25, -0.2) is 0 Å². The molecule has 0 heterocycles. The van der Waals surface area contributed by atoms with E-state index in [4.69, 9.17) is 0 Å². The fourth-order valence-corrected chi connectivity index (χ4v) is 6.17. The second-order valence-electron chi connectivity index (χ2n) is 14.2. The van der Waals surface area contributed by atoms with Crippen molar-refractivity contribution in [1.29, 1.82) is 0 Å². The monoisotopic (exact) mass is 676 g/mol. The first-order valence-corrected chi connectivity index (χ1v) is 20.8. The second-order valence-corrected chi connectivity index (χ2v) is 14.2. The number of hydrogen-bond donors (Lipinski definition) is 4. The summed E-state index contributed by atoms with van der Waals surface area (Å²) in [7, 11) is 0. The van der Waals surface area contributed by atoms with Crippen molar-refractivity contribution in [3.8, 4) is 0 Å². The summed E-state index contributed by atoms with van der Waals surface area (Å²) in [6.45, 7) is 4.14. The van der Waals surface area contributed by atoms with Gasteiger partial charge in [-0.3, -0.25) is 4.79 Å². The van der Waals surface area contributed by atoms with E-state index in [1.807, 2.05) is 0 Å². The van der Waals surface area contributed by atoms with Gasteiger partial charge >= 0.3 is 0 Å². The molecule has 4 N–H and O–H groups in total. The quantitative estimate of drug-likeness (QED) is 0.0390. The van der Waals surface area contributed by atoms with Crippen LogP contribution < -0.4 is 5.32 Å². The van der Waals surface area contributed by atoms with Crippen molar-refractivity contribution in [2.45, 2.75) is 225 Å². The SMILES string of the molecule is CCCCCCCC/C=C\CCCCCC(=O)NC(CO)C(O)C(O)CCC/C=C/CC/C=C/CCCCCCCCCCCCCC. The van der Waals surface area contributed by atoms with Crippen LogP contribution >= 0.6 is 0 Å². The van der Waals surface area contributed by atoms with E-state index in [-0.39, 0.29) is 12.5 Å². The van der Waals surface area contributed by atoms with Gasteiger partial charge in [-0.1, -0.05) is 159 Å². The van der Waals surface area contributed by atoms with E-state index in [0.29, 0.717) is 12.8 Å². The van der Waals surface area contributed by atoms with Crippen molar-refractivity contribution in [3.05, 3.63) is 36.5 Å². The van der Waals surface area contributed by atoms with Crippen LogP contribution in [0.15, 0.2) is 36.5 Å². The van der Waals surface area contributed by atoms with Crippen molar-refractivity contribution in [1.82, 2.24) is 5.32 Å². The Morgan fingerprint density at radius 2 is 0.854 bits per heavy atom. The molecule has 5 heteroatoms. The minimum atomic E-state index is -1.17. The first kappa shape index (κ1) is 46.6. The third-order valence-corrected chi connectivity index (χ3v) is 9.44. The molecule has 0 radical (unpaired) electrons. The van der Waals surface area contributed by atoms with E-state index in [1.54, 1.807) is 0 Å². The maximum absolute atomic E-state index is 12.4. The van der Waals surface area contributed by atoms with Gasteiger partial charge < -0.3 is 20.6 Å². The Morgan fingerprint density at radius 1 is 0.500 bits per heavy atom. The summed E-state index contributed by atoms with van der Waals surface area (Å²) in [5.41, 5.74) is 0. The second kappa shape index (κ2) is 38.4. The van der Waals surface area contributed by atoms with Gasteiger partial charge in [-0.2, -0.15) is 0 Å². The number of carbonyl (C=O) groups is 1. The summed E-state index contributed by atoms with van der Waals surface area (Å²) < 4.78 is 0. The summed E-state index contributed by atoms with van der Waals surface area (Å²) in [6.07, 6.45) is 46.8. The Hall–Kier alpha value is -1.43. The number of amides is 1. The molecule has 1 amide bonds. The number of unbranched alkanes of at least 4 members (excludes halogenated alkanes) is 23. The lowest BCUT2D eigenvalue weighted by Crippen LogP contribution is -2.50. The fourth-order valence-electron chi connectivity index (χ4n) is 6.17. The molecular weight excluding hydrogens is 594 g/mol. The maximum atomic E-state index is 12.4. The van der Waals surface area contributed by atoms with Gasteiger partial charge in [0.05, 0.1) is 18.8 Å². The summed E-state index contributed by atoms with van der Waals surface area (Å²) in [6, 6.07) is -0.838. The van der Waals surface area contributed by atoms with Crippen LogP contribution in [0.5, 0.6) is 0 Å². The van der Waals surface area contributed by atoms with Gasteiger partial charge in [0.1, 0.15) is 6.10 Å². The van der Waals surface area contributed by atoms with E-state index in [9.17, 15) is 20.1 Å². The molecule has 282 valence electrons. The number of nitrogens with one attached hydrogen (secondary N) is 1. The Kier molecular flexibility index (Phi) is 37.2. The highest BCUT2D eigenvalue weighted by atomic mass is 16.3. The molecule has 0 aliphatic heterocycles. The zero-order valence-electron chi connectivity index (χ0n) is 31.9. The van der Waals surface area contributed by atoms with Crippen molar-refractivity contribution < 1.29 is 20.1 Å². The topological polar surface area (TPSA) is 89.8 Å². The Morgan fingerprint density at radius 3 is 1.27 bits per heavy atom. The summed E-state index contributed by atoms with van der Waals surface area (Å²) >= 11 is 0. The van der Waals surface area contributed by atoms with Crippen LogP contribution in [0.3, 0.4) is 0 Å². The highest BCUT2D eigenvalue weighted by molar-refractivity contribution is 5.76. The van der Waals surface area contributed by atoms with E-state index in [0.717, 1.165) is 51.4 Å². The number of allylic oxidation sites excluding steroid dienone is 6. The number of carbonyl (C=O) groups excluding carboxylic acids is 1. The molecule has 0 aliphatic carbocycles. The van der Waals surface area contributed by atoms with Crippen LogP contribution in [-0.4, -0.2) is 46.1 Å². The third kappa shape index (κ3) is 33.1. The molecule has 0 saturated carbocycles. The number of hydrogen-bond acceptors (Lipinski definition) is 4. The lowest BCUT2D eigenvalue weighted by molar-refractivity contribution is -0.124. The molecule has 0 aromatic heterocycles. The van der Waals surface area contributed by atoms with Gasteiger partial charge in [-0.15, -0.1) is 0 Å². The number of rotatable bonds is 37. The Balaban J connectivity index is 3.73. The first-order chi connectivity index (χ1) is 23.6. The average molecular weight is 676 g/mol. The van der Waals surface area contributed by atoms with Crippen molar-refractivity contribution in [2.75, 3.05) is 6.61 Å². The maximum Gasteiger partial charge on any atom is 0.220 e. The van der Waals surface area contributed by atoms with Gasteiger partial charge in [0, 0.05) is 6.42 Å². The highest BCUT2D eigenvalue weighted by Crippen LogP contribution is 2.14. The molecule has 0 bridgehead atoms. The zero-order valence-corrected chi connectivity index (χ0v) is 31.9. The van der Waals surface area contributed by atoms with Crippen LogP contribution in [0.25, 0.3) is 0 Å². The molecule has 0 rings (SSSR count). The molecule has 0 saturated heterocycles. The molecule has 3 atom stereocenters. The number of aliphatic hydroxyl groups excluding tert-OH is 3. The summed E-state index contributed by atoms with van der Waals surface area (Å²) in [5.74, 6) is -0.176. The van der Waals surface area contributed by atoms with Gasteiger partial charge in [0.2, 0.25) is 5.91 Å². The highest BCUT2D eigenvalue weighted by Gasteiger charge is 2.26. The Labute approximate surface area is 298 Å². The van der Waals surface area contributed by atoms with Crippen molar-refractivity contribution in [3.63, 3.8) is 0 Å². The number of aliphatic hydroxyl groups is 3. The van der Waals surface area contributed by atoms with Gasteiger partial charge in [0.25, 0.3) is 0 Å². The Bertz CT molecular complexity index is 749. The average Bonchev–Trinajstić information content (AvgIpc) is 3.09. The molecule has 0 fully saturated rings. The third-order valence-electron chi connectivity index (χ3n) is 9.44. The van der Waals surface area contributed by atoms with Crippen LogP contribution in [0.2, 0.25) is 0 Å². The van der Waals surface area contributed by atoms with Gasteiger partial charge in [-0.05, 0) is 77.0 Å². The minimum absolute atomic E-state index is 0.176.